The van der Waals surface area contributed by atoms with Crippen LogP contribution in [0, 0.1) is 12.7 Å². The summed E-state index contributed by atoms with van der Waals surface area (Å²) in [5.41, 5.74) is 0.674. The van der Waals surface area contributed by atoms with Crippen LogP contribution in [0.5, 0.6) is 0 Å². The Labute approximate surface area is 101 Å². The zero-order chi connectivity index (χ0) is 12.4. The van der Waals surface area contributed by atoms with Crippen molar-refractivity contribution in [3.05, 3.63) is 35.1 Å². The largest absolute Gasteiger partial charge is 0.337 e. The number of hydrogen-bond acceptors (Lipinski definition) is 2. The van der Waals surface area contributed by atoms with Crippen LogP contribution in [-0.2, 0) is 0 Å². The lowest BCUT2D eigenvalue weighted by Crippen LogP contribution is -2.38. The molecule has 1 aliphatic rings. The quantitative estimate of drug-likeness (QED) is 0.845. The highest BCUT2D eigenvalue weighted by atomic mass is 19.1. The van der Waals surface area contributed by atoms with Gasteiger partial charge in [-0.15, -0.1) is 0 Å². The lowest BCUT2D eigenvalue weighted by molar-refractivity contribution is 0.0739. The molecular formula is C13H17FN2O. The fourth-order valence-corrected chi connectivity index (χ4v) is 2.14. The van der Waals surface area contributed by atoms with E-state index in [1.54, 1.807) is 37.1 Å². The summed E-state index contributed by atoms with van der Waals surface area (Å²) in [7, 11) is 1.74. The fourth-order valence-electron chi connectivity index (χ4n) is 2.14. The number of likely N-dealkylation sites (N-methyl/N-ethyl adjacent to an activating group) is 1. The first-order chi connectivity index (χ1) is 8.11. The molecule has 1 aromatic rings. The van der Waals surface area contributed by atoms with Crippen LogP contribution in [0.1, 0.15) is 22.3 Å². The van der Waals surface area contributed by atoms with Gasteiger partial charge < -0.3 is 10.2 Å². The number of halogens is 1. The van der Waals surface area contributed by atoms with Gasteiger partial charge in [-0.05, 0) is 31.5 Å². The number of aryl methyl sites for hydroxylation is 1. The zero-order valence-electron chi connectivity index (χ0n) is 10.2. The highest BCUT2D eigenvalue weighted by molar-refractivity contribution is 5.94. The van der Waals surface area contributed by atoms with Gasteiger partial charge in [0, 0.05) is 19.6 Å². The third-order valence-corrected chi connectivity index (χ3v) is 3.32. The molecular weight excluding hydrogens is 219 g/mol. The Balaban J connectivity index is 2.21. The minimum Gasteiger partial charge on any atom is -0.337 e. The first-order valence-electron chi connectivity index (χ1n) is 5.84. The molecule has 1 amide bonds. The van der Waals surface area contributed by atoms with Crippen LogP contribution in [-0.4, -0.2) is 37.0 Å². The topological polar surface area (TPSA) is 32.3 Å². The maximum Gasteiger partial charge on any atom is 0.256 e. The van der Waals surface area contributed by atoms with Gasteiger partial charge in [-0.25, -0.2) is 4.39 Å². The number of carbonyl (C=O) groups is 1. The first-order valence-corrected chi connectivity index (χ1v) is 5.84. The maximum atomic E-state index is 13.8. The van der Waals surface area contributed by atoms with Crippen LogP contribution >= 0.6 is 0 Å². The highest BCUT2D eigenvalue weighted by Gasteiger charge is 2.25. The summed E-state index contributed by atoms with van der Waals surface area (Å²) >= 11 is 0. The van der Waals surface area contributed by atoms with Crippen molar-refractivity contribution in [2.75, 3.05) is 20.1 Å². The van der Waals surface area contributed by atoms with E-state index in [1.165, 1.54) is 0 Å². The summed E-state index contributed by atoms with van der Waals surface area (Å²) in [6.45, 7) is 3.37. The smallest absolute Gasteiger partial charge is 0.256 e. The molecule has 0 saturated carbocycles. The van der Waals surface area contributed by atoms with E-state index in [0.29, 0.717) is 5.56 Å². The van der Waals surface area contributed by atoms with Gasteiger partial charge in [-0.3, -0.25) is 4.79 Å². The first kappa shape index (κ1) is 12.0. The molecule has 1 N–H and O–H groups in total. The van der Waals surface area contributed by atoms with E-state index < -0.39 is 5.82 Å². The zero-order valence-corrected chi connectivity index (χ0v) is 10.2. The summed E-state index contributed by atoms with van der Waals surface area (Å²) in [5, 5.41) is 3.20. The molecule has 4 heteroatoms. The van der Waals surface area contributed by atoms with E-state index in [9.17, 15) is 9.18 Å². The van der Waals surface area contributed by atoms with Crippen molar-refractivity contribution < 1.29 is 9.18 Å². The molecule has 3 nitrogen and oxygen atoms in total. The SMILES string of the molecule is Cc1cccc(C(=O)N(C)C2CCNC2)c1F. The number of carbonyl (C=O) groups excluding carboxylic acids is 1. The van der Waals surface area contributed by atoms with Crippen LogP contribution in [0.2, 0.25) is 0 Å². The van der Waals surface area contributed by atoms with Gasteiger partial charge in [-0.1, -0.05) is 12.1 Å². The number of hydrogen-bond donors (Lipinski definition) is 1. The van der Waals surface area contributed by atoms with Crippen molar-refractivity contribution in [2.24, 2.45) is 0 Å². The van der Waals surface area contributed by atoms with Gasteiger partial charge in [0.1, 0.15) is 5.82 Å². The molecule has 0 aliphatic carbocycles. The summed E-state index contributed by atoms with van der Waals surface area (Å²) in [6, 6.07) is 5.10. The van der Waals surface area contributed by atoms with Gasteiger partial charge >= 0.3 is 0 Å². The normalized spacial score (nSPS) is 19.4. The van der Waals surface area contributed by atoms with Crippen LogP contribution in [0.15, 0.2) is 18.2 Å². The summed E-state index contributed by atoms with van der Waals surface area (Å²) in [5.74, 6) is -0.643. The van der Waals surface area contributed by atoms with Crippen LogP contribution in [0.25, 0.3) is 0 Å². The number of nitrogens with zero attached hydrogens (tertiary/aromatic N) is 1. The Morgan fingerprint density at radius 2 is 2.29 bits per heavy atom. The van der Waals surface area contributed by atoms with Crippen LogP contribution < -0.4 is 5.32 Å². The number of rotatable bonds is 2. The second-order valence-corrected chi connectivity index (χ2v) is 4.50. The van der Waals surface area contributed by atoms with Gasteiger partial charge in [0.05, 0.1) is 5.56 Å². The molecule has 2 rings (SSSR count). The molecule has 1 aliphatic heterocycles. The molecule has 1 heterocycles. The predicted octanol–water partition coefficient (Wildman–Crippen LogP) is 1.57. The standard InChI is InChI=1S/C13H17FN2O/c1-9-4-3-5-11(12(9)14)13(17)16(2)10-6-7-15-8-10/h3-5,10,15H,6-8H2,1-2H3. The number of nitrogens with one attached hydrogen (secondary N) is 1. The highest BCUT2D eigenvalue weighted by Crippen LogP contribution is 2.16. The monoisotopic (exact) mass is 236 g/mol. The van der Waals surface area contributed by atoms with E-state index in [-0.39, 0.29) is 17.5 Å². The Morgan fingerprint density at radius 1 is 1.53 bits per heavy atom. The van der Waals surface area contributed by atoms with Gasteiger partial charge in [0.2, 0.25) is 0 Å². The van der Waals surface area contributed by atoms with Gasteiger partial charge in [0.15, 0.2) is 0 Å². The molecule has 0 spiro atoms. The van der Waals surface area contributed by atoms with Crippen molar-refractivity contribution in [1.82, 2.24) is 10.2 Å². The molecule has 1 saturated heterocycles. The van der Waals surface area contributed by atoms with Gasteiger partial charge in [-0.2, -0.15) is 0 Å². The molecule has 1 aromatic carbocycles. The number of amides is 1. The molecule has 1 fully saturated rings. The average molecular weight is 236 g/mol. The second kappa shape index (κ2) is 4.84. The molecule has 92 valence electrons. The summed E-state index contributed by atoms with van der Waals surface area (Å²) in [4.78, 5) is 13.8. The lowest BCUT2D eigenvalue weighted by Gasteiger charge is -2.24. The summed E-state index contributed by atoms with van der Waals surface area (Å²) in [6.07, 6.45) is 0.926. The third kappa shape index (κ3) is 2.31. The molecule has 1 unspecified atom stereocenters. The van der Waals surface area contributed by atoms with E-state index in [2.05, 4.69) is 5.32 Å². The van der Waals surface area contributed by atoms with Crippen molar-refractivity contribution in [2.45, 2.75) is 19.4 Å². The van der Waals surface area contributed by atoms with E-state index >= 15 is 0 Å². The molecule has 0 radical (unpaired) electrons. The fraction of sp³-hybridized carbons (Fsp3) is 0.462. The summed E-state index contributed by atoms with van der Waals surface area (Å²) < 4.78 is 13.8. The Morgan fingerprint density at radius 3 is 2.94 bits per heavy atom. The molecule has 0 bridgehead atoms. The van der Waals surface area contributed by atoms with E-state index in [0.717, 1.165) is 19.5 Å². The lowest BCUT2D eigenvalue weighted by atomic mass is 10.1. The maximum absolute atomic E-state index is 13.8. The molecule has 0 aromatic heterocycles. The van der Waals surface area contributed by atoms with E-state index in [4.69, 9.17) is 0 Å². The molecule has 17 heavy (non-hydrogen) atoms. The van der Waals surface area contributed by atoms with E-state index in [1.807, 2.05) is 0 Å². The van der Waals surface area contributed by atoms with Crippen molar-refractivity contribution in [3.8, 4) is 0 Å². The van der Waals surface area contributed by atoms with Gasteiger partial charge in [0.25, 0.3) is 5.91 Å². The average Bonchev–Trinajstić information content (AvgIpc) is 2.84. The second-order valence-electron chi connectivity index (χ2n) is 4.50. The molecule has 1 atom stereocenters. The minimum absolute atomic E-state index is 0.166. The van der Waals surface area contributed by atoms with Crippen molar-refractivity contribution in [3.63, 3.8) is 0 Å². The third-order valence-electron chi connectivity index (χ3n) is 3.32. The Bertz CT molecular complexity index is 427. The Kier molecular flexibility index (Phi) is 3.43. The number of benzene rings is 1. The Hall–Kier alpha value is -1.42. The van der Waals surface area contributed by atoms with Crippen LogP contribution in [0.3, 0.4) is 0 Å². The minimum atomic E-state index is -0.407. The van der Waals surface area contributed by atoms with Crippen molar-refractivity contribution in [1.29, 1.82) is 0 Å². The van der Waals surface area contributed by atoms with Crippen molar-refractivity contribution >= 4 is 5.91 Å². The van der Waals surface area contributed by atoms with Crippen LogP contribution in [0.4, 0.5) is 4.39 Å². The predicted molar refractivity (Wildman–Crippen MR) is 64.5 cm³/mol.